The fraction of sp³-hybridized carbons (Fsp3) is 0.200. The third-order valence-electron chi connectivity index (χ3n) is 3.07. The molecule has 3 nitrogen and oxygen atoms in total. The molecule has 0 atom stereocenters. The molecule has 0 N–H and O–H groups in total. The van der Waals surface area contributed by atoms with Crippen molar-refractivity contribution in [3.8, 4) is 0 Å². The van der Waals surface area contributed by atoms with E-state index in [-0.39, 0.29) is 9.92 Å². The van der Waals surface area contributed by atoms with Crippen LogP contribution in [0.5, 0.6) is 0 Å². The van der Waals surface area contributed by atoms with Gasteiger partial charge in [-0.25, -0.2) is 8.42 Å². The standard InChI is InChI=1S/C15H15BrClNO2S/c1-3-18(13-7-4-11(2)5-8-13)21(19,20)15-9-6-12(16)10-14(15)17/h4-10H,3H2,1-2H3. The van der Waals surface area contributed by atoms with Gasteiger partial charge in [0.1, 0.15) is 4.90 Å². The summed E-state index contributed by atoms with van der Waals surface area (Å²) in [6.07, 6.45) is 0. The van der Waals surface area contributed by atoms with E-state index >= 15 is 0 Å². The van der Waals surface area contributed by atoms with E-state index in [0.29, 0.717) is 12.2 Å². The lowest BCUT2D eigenvalue weighted by molar-refractivity contribution is 0.592. The van der Waals surface area contributed by atoms with Crippen LogP contribution in [0.15, 0.2) is 51.8 Å². The Hall–Kier alpha value is -1.04. The van der Waals surface area contributed by atoms with Crippen molar-refractivity contribution in [3.63, 3.8) is 0 Å². The van der Waals surface area contributed by atoms with Crippen molar-refractivity contribution in [3.05, 3.63) is 57.5 Å². The summed E-state index contributed by atoms with van der Waals surface area (Å²) < 4.78 is 27.7. The lowest BCUT2D eigenvalue weighted by atomic mass is 10.2. The van der Waals surface area contributed by atoms with E-state index in [1.807, 2.05) is 19.1 Å². The summed E-state index contributed by atoms with van der Waals surface area (Å²) >= 11 is 9.37. The van der Waals surface area contributed by atoms with Gasteiger partial charge in [-0.05, 0) is 44.2 Å². The molecule has 0 saturated heterocycles. The number of hydrogen-bond donors (Lipinski definition) is 0. The van der Waals surface area contributed by atoms with E-state index in [0.717, 1.165) is 10.0 Å². The van der Waals surface area contributed by atoms with Crippen LogP contribution in [0.2, 0.25) is 5.02 Å². The molecule has 0 aliphatic rings. The summed E-state index contributed by atoms with van der Waals surface area (Å²) in [4.78, 5) is 0.106. The third-order valence-corrected chi connectivity index (χ3v) is 5.95. The maximum Gasteiger partial charge on any atom is 0.265 e. The van der Waals surface area contributed by atoms with Gasteiger partial charge in [0.25, 0.3) is 10.0 Å². The van der Waals surface area contributed by atoms with E-state index in [2.05, 4.69) is 15.9 Å². The molecule has 0 radical (unpaired) electrons. The highest BCUT2D eigenvalue weighted by molar-refractivity contribution is 9.10. The summed E-state index contributed by atoms with van der Waals surface area (Å²) in [7, 11) is -3.68. The van der Waals surface area contributed by atoms with Crippen LogP contribution in [0.1, 0.15) is 12.5 Å². The van der Waals surface area contributed by atoms with Gasteiger partial charge < -0.3 is 0 Å². The molecule has 0 heterocycles. The van der Waals surface area contributed by atoms with Crippen LogP contribution in [0.25, 0.3) is 0 Å². The van der Waals surface area contributed by atoms with Crippen LogP contribution in [-0.4, -0.2) is 15.0 Å². The van der Waals surface area contributed by atoms with E-state index < -0.39 is 10.0 Å². The largest absolute Gasteiger partial charge is 0.267 e. The van der Waals surface area contributed by atoms with Crippen LogP contribution in [-0.2, 0) is 10.0 Å². The molecule has 2 aromatic carbocycles. The number of rotatable bonds is 4. The fourth-order valence-corrected chi connectivity index (χ4v) is 4.49. The first-order valence-corrected chi connectivity index (χ1v) is 9.02. The normalized spacial score (nSPS) is 11.4. The van der Waals surface area contributed by atoms with Crippen molar-refractivity contribution in [2.75, 3.05) is 10.8 Å². The average molecular weight is 389 g/mol. The predicted octanol–water partition coefficient (Wildman–Crippen LogP) is 4.63. The Labute approximate surface area is 138 Å². The zero-order valence-corrected chi connectivity index (χ0v) is 14.8. The minimum absolute atomic E-state index is 0.106. The molecule has 0 aliphatic carbocycles. The summed E-state index contributed by atoms with van der Waals surface area (Å²) in [6, 6.07) is 12.1. The van der Waals surface area contributed by atoms with Crippen LogP contribution < -0.4 is 4.31 Å². The quantitative estimate of drug-likeness (QED) is 0.766. The zero-order chi connectivity index (χ0) is 15.6. The molecule has 21 heavy (non-hydrogen) atoms. The second kappa shape index (κ2) is 6.38. The number of benzene rings is 2. The summed E-state index contributed by atoms with van der Waals surface area (Å²) in [5.74, 6) is 0. The van der Waals surface area contributed by atoms with Gasteiger partial charge in [0.05, 0.1) is 10.7 Å². The number of anilines is 1. The molecule has 6 heteroatoms. The average Bonchev–Trinajstić information content (AvgIpc) is 2.41. The van der Waals surface area contributed by atoms with Crippen molar-refractivity contribution in [2.45, 2.75) is 18.7 Å². The molecule has 0 bridgehead atoms. The SMILES string of the molecule is CCN(c1ccc(C)cc1)S(=O)(=O)c1ccc(Br)cc1Cl. The summed E-state index contributed by atoms with van der Waals surface area (Å²) in [5, 5.41) is 0.204. The van der Waals surface area contributed by atoms with E-state index in [9.17, 15) is 8.42 Å². The Kier molecular flexibility index (Phi) is 4.96. The van der Waals surface area contributed by atoms with Gasteiger partial charge in [-0.3, -0.25) is 4.31 Å². The van der Waals surface area contributed by atoms with Gasteiger partial charge in [0.15, 0.2) is 0 Å². The monoisotopic (exact) mass is 387 g/mol. The van der Waals surface area contributed by atoms with E-state index in [1.165, 1.54) is 10.4 Å². The molecule has 112 valence electrons. The van der Waals surface area contributed by atoms with Crippen molar-refractivity contribution >= 4 is 43.2 Å². The maximum absolute atomic E-state index is 12.8. The molecule has 0 fully saturated rings. The molecule has 0 unspecified atom stereocenters. The van der Waals surface area contributed by atoms with Crippen LogP contribution >= 0.6 is 27.5 Å². The van der Waals surface area contributed by atoms with Crippen molar-refractivity contribution in [2.24, 2.45) is 0 Å². The lowest BCUT2D eigenvalue weighted by Crippen LogP contribution is -2.31. The number of hydrogen-bond acceptors (Lipinski definition) is 2. The fourth-order valence-electron chi connectivity index (χ4n) is 2.01. The van der Waals surface area contributed by atoms with Crippen LogP contribution in [0.4, 0.5) is 5.69 Å². The molecule has 2 rings (SSSR count). The Morgan fingerprint density at radius 3 is 2.29 bits per heavy atom. The Morgan fingerprint density at radius 1 is 1.14 bits per heavy atom. The van der Waals surface area contributed by atoms with Crippen LogP contribution in [0.3, 0.4) is 0 Å². The second-order valence-electron chi connectivity index (χ2n) is 4.58. The molecule has 0 amide bonds. The molecular formula is C15H15BrClNO2S. The van der Waals surface area contributed by atoms with Gasteiger partial charge in [-0.15, -0.1) is 0 Å². The minimum Gasteiger partial charge on any atom is -0.267 e. The summed E-state index contributed by atoms with van der Waals surface area (Å²) in [6.45, 7) is 4.09. The van der Waals surface area contributed by atoms with Crippen molar-refractivity contribution in [1.82, 2.24) is 0 Å². The van der Waals surface area contributed by atoms with Gasteiger partial charge >= 0.3 is 0 Å². The first kappa shape index (κ1) is 16.3. The Balaban J connectivity index is 2.51. The van der Waals surface area contributed by atoms with Gasteiger partial charge in [-0.2, -0.15) is 0 Å². The third kappa shape index (κ3) is 3.42. The topological polar surface area (TPSA) is 37.4 Å². The second-order valence-corrected chi connectivity index (χ2v) is 7.73. The molecule has 2 aromatic rings. The van der Waals surface area contributed by atoms with Crippen molar-refractivity contribution in [1.29, 1.82) is 0 Å². The highest BCUT2D eigenvalue weighted by atomic mass is 79.9. The first-order valence-electron chi connectivity index (χ1n) is 6.40. The Morgan fingerprint density at radius 2 is 1.76 bits per heavy atom. The smallest absolute Gasteiger partial charge is 0.265 e. The summed E-state index contributed by atoms with van der Waals surface area (Å²) in [5.41, 5.74) is 1.70. The van der Waals surface area contributed by atoms with Crippen LogP contribution in [0, 0.1) is 6.92 Å². The number of aryl methyl sites for hydroxylation is 1. The predicted molar refractivity (Wildman–Crippen MR) is 90.5 cm³/mol. The molecule has 0 spiro atoms. The van der Waals surface area contributed by atoms with E-state index in [1.54, 1.807) is 31.2 Å². The highest BCUT2D eigenvalue weighted by Crippen LogP contribution is 2.30. The minimum atomic E-state index is -3.68. The molecule has 0 aromatic heterocycles. The first-order chi connectivity index (χ1) is 9.86. The van der Waals surface area contributed by atoms with Gasteiger partial charge in [0, 0.05) is 11.0 Å². The Bertz CT molecular complexity index is 745. The molecular weight excluding hydrogens is 374 g/mol. The maximum atomic E-state index is 12.8. The van der Waals surface area contributed by atoms with Gasteiger partial charge in [0.2, 0.25) is 0 Å². The number of halogens is 2. The lowest BCUT2D eigenvalue weighted by Gasteiger charge is -2.23. The van der Waals surface area contributed by atoms with Crippen molar-refractivity contribution < 1.29 is 8.42 Å². The van der Waals surface area contributed by atoms with Gasteiger partial charge in [-0.1, -0.05) is 45.2 Å². The highest BCUT2D eigenvalue weighted by Gasteiger charge is 2.25. The molecule has 0 saturated carbocycles. The zero-order valence-electron chi connectivity index (χ0n) is 11.7. The molecule has 0 aliphatic heterocycles. The number of sulfonamides is 1. The van der Waals surface area contributed by atoms with E-state index in [4.69, 9.17) is 11.6 Å². The number of nitrogens with zero attached hydrogens (tertiary/aromatic N) is 1.